The molecule has 3 heterocycles. The Morgan fingerprint density at radius 1 is 1.07 bits per heavy atom. The van der Waals surface area contributed by atoms with Crippen LogP contribution in [0.5, 0.6) is 0 Å². The molecule has 0 spiro atoms. The van der Waals surface area contributed by atoms with Gasteiger partial charge in [-0.15, -0.1) is 0 Å². The van der Waals surface area contributed by atoms with Gasteiger partial charge >= 0.3 is 12.0 Å². The third kappa shape index (κ3) is 9.32. The van der Waals surface area contributed by atoms with E-state index in [2.05, 4.69) is 32.5 Å². The molecule has 44 heavy (non-hydrogen) atoms. The third-order valence-corrected chi connectivity index (χ3v) is 8.70. The van der Waals surface area contributed by atoms with Crippen LogP contribution in [0.1, 0.15) is 117 Å². The number of carbonyl (C=O) groups is 2. The van der Waals surface area contributed by atoms with Crippen LogP contribution in [0.25, 0.3) is 11.2 Å². The number of ether oxygens (including phenoxy) is 3. The van der Waals surface area contributed by atoms with Crippen molar-refractivity contribution in [2.45, 2.75) is 135 Å². The maximum atomic E-state index is 14.2. The van der Waals surface area contributed by atoms with Crippen molar-refractivity contribution < 1.29 is 28.2 Å². The molecule has 2 aromatic rings. The second kappa shape index (κ2) is 17.6. The number of amides is 1. The molecule has 1 aliphatic heterocycles. The van der Waals surface area contributed by atoms with Crippen LogP contribution in [-0.4, -0.2) is 69.9 Å². The first kappa shape index (κ1) is 35.6. The fourth-order valence-corrected chi connectivity index (χ4v) is 5.93. The lowest BCUT2D eigenvalue weighted by atomic mass is 9.85. The summed E-state index contributed by atoms with van der Waals surface area (Å²) >= 11 is 0. The van der Waals surface area contributed by atoms with Crippen molar-refractivity contribution in [1.82, 2.24) is 24.8 Å². The zero-order chi connectivity index (χ0) is 32.1. The molecule has 4 atom stereocenters. The highest BCUT2D eigenvalue weighted by Crippen LogP contribution is 2.44. The van der Waals surface area contributed by atoms with Crippen LogP contribution in [-0.2, 0) is 23.8 Å². The fraction of sp³-hybridized carbons (Fsp3) is 0.781. The average molecular weight is 621 g/mol. The molecular formula is C32H53FN6O5. The van der Waals surface area contributed by atoms with Gasteiger partial charge in [0.1, 0.15) is 24.5 Å². The number of aromatic nitrogens is 4. The van der Waals surface area contributed by atoms with Gasteiger partial charge in [0.2, 0.25) is 5.91 Å². The van der Waals surface area contributed by atoms with E-state index in [0.29, 0.717) is 18.4 Å². The van der Waals surface area contributed by atoms with Crippen molar-refractivity contribution >= 4 is 28.9 Å². The highest BCUT2D eigenvalue weighted by Gasteiger charge is 2.53. The van der Waals surface area contributed by atoms with Gasteiger partial charge in [-0.1, -0.05) is 85.0 Å². The molecule has 0 radical (unpaired) electrons. The van der Waals surface area contributed by atoms with Crippen LogP contribution in [0, 0.1) is 12.0 Å². The predicted octanol–water partition coefficient (Wildman–Crippen LogP) is 6.08. The molecule has 12 heteroatoms. The van der Waals surface area contributed by atoms with E-state index >= 15 is 0 Å². The van der Waals surface area contributed by atoms with Gasteiger partial charge in [0.15, 0.2) is 17.0 Å². The Labute approximate surface area is 261 Å². The van der Waals surface area contributed by atoms with Gasteiger partial charge in [-0.25, -0.2) is 9.78 Å². The molecule has 11 nitrogen and oxygen atoms in total. The fourth-order valence-electron chi connectivity index (χ4n) is 5.93. The Balaban J connectivity index is 1.47. The average Bonchev–Trinajstić information content (AvgIpc) is 3.60. The molecule has 1 saturated heterocycles. The zero-order valence-corrected chi connectivity index (χ0v) is 27.5. The second-order valence-corrected chi connectivity index (χ2v) is 12.2. The van der Waals surface area contributed by atoms with Crippen molar-refractivity contribution in [3.8, 4) is 0 Å². The molecule has 1 amide bonds. The first-order chi connectivity index (χ1) is 21.2. The number of hydrogen-bond acceptors (Lipinski definition) is 9. The van der Waals surface area contributed by atoms with Gasteiger partial charge in [0.05, 0.1) is 12.4 Å². The van der Waals surface area contributed by atoms with Crippen molar-refractivity contribution in [3.05, 3.63) is 12.4 Å². The topological polar surface area (TPSA) is 129 Å². The molecule has 0 unspecified atom stereocenters. The van der Waals surface area contributed by atoms with Crippen LogP contribution in [0.3, 0.4) is 0 Å². The van der Waals surface area contributed by atoms with Crippen molar-refractivity contribution in [2.75, 3.05) is 26.1 Å². The Kier molecular flexibility index (Phi) is 14.2. The molecular weight excluding hydrogens is 567 g/mol. The van der Waals surface area contributed by atoms with E-state index in [1.54, 1.807) is 25.6 Å². The minimum absolute atomic E-state index is 0.0743. The molecule has 0 bridgehead atoms. The summed E-state index contributed by atoms with van der Waals surface area (Å²) in [5.74, 6) is -0.528. The number of esters is 1. The van der Waals surface area contributed by atoms with E-state index in [0.717, 1.165) is 19.3 Å². The number of methoxy groups -OCH3 is 1. The molecule has 2 N–H and O–H groups in total. The van der Waals surface area contributed by atoms with E-state index in [1.807, 2.05) is 13.8 Å². The first-order valence-corrected chi connectivity index (χ1v) is 16.4. The Hall–Kier alpha value is -2.86. The molecule has 248 valence electrons. The zero-order valence-electron chi connectivity index (χ0n) is 27.5. The van der Waals surface area contributed by atoms with Gasteiger partial charge in [0.25, 0.3) is 0 Å². The number of unbranched alkanes of at least 4 members (excludes halogenated alkanes) is 10. The Morgan fingerprint density at radius 3 is 2.30 bits per heavy atom. The van der Waals surface area contributed by atoms with E-state index in [4.69, 9.17) is 14.2 Å². The van der Waals surface area contributed by atoms with Crippen molar-refractivity contribution in [2.24, 2.45) is 5.92 Å². The lowest BCUT2D eigenvalue weighted by molar-refractivity contribution is -0.181. The molecule has 1 aliphatic rings. The monoisotopic (exact) mass is 620 g/mol. The van der Waals surface area contributed by atoms with E-state index in [1.165, 1.54) is 57.7 Å². The summed E-state index contributed by atoms with van der Waals surface area (Å²) in [4.78, 5) is 37.5. The maximum absolute atomic E-state index is 14.2. The summed E-state index contributed by atoms with van der Waals surface area (Å²) in [6, 6.07) is -0.796. The summed E-state index contributed by atoms with van der Waals surface area (Å²) in [5.41, 5.74) is -0.285. The maximum Gasteiger partial charge on any atom is 0.328 e. The number of rotatable bonds is 20. The van der Waals surface area contributed by atoms with E-state index < -0.39 is 36.0 Å². The van der Waals surface area contributed by atoms with Gasteiger partial charge in [0, 0.05) is 27.0 Å². The van der Waals surface area contributed by atoms with Crippen molar-refractivity contribution in [1.29, 1.82) is 0 Å². The van der Waals surface area contributed by atoms with E-state index in [-0.39, 0.29) is 29.9 Å². The Morgan fingerprint density at radius 2 is 1.70 bits per heavy atom. The van der Waals surface area contributed by atoms with Crippen LogP contribution >= 0.6 is 0 Å². The number of imidazole rings is 1. The highest BCUT2D eigenvalue weighted by molar-refractivity contribution is 5.84. The van der Waals surface area contributed by atoms with Crippen LogP contribution in [0.15, 0.2) is 6.33 Å². The Bertz CT molecular complexity index is 1190. The van der Waals surface area contributed by atoms with Gasteiger partial charge < -0.3 is 24.8 Å². The lowest BCUT2D eigenvalue weighted by Crippen LogP contribution is -2.51. The summed E-state index contributed by atoms with van der Waals surface area (Å²) in [7, 11) is 3.22. The molecule has 1 fully saturated rings. The van der Waals surface area contributed by atoms with Crippen LogP contribution in [0.2, 0.25) is 0 Å². The minimum atomic E-state index is -0.984. The smallest absolute Gasteiger partial charge is 0.328 e. The van der Waals surface area contributed by atoms with Gasteiger partial charge in [-0.3, -0.25) is 9.36 Å². The first-order valence-electron chi connectivity index (χ1n) is 16.4. The number of anilines is 1. The molecule has 3 rings (SSSR count). The lowest BCUT2D eigenvalue weighted by Gasteiger charge is -2.37. The number of carbonyl (C=O) groups excluding carboxylic acids is 2. The van der Waals surface area contributed by atoms with Gasteiger partial charge in [-0.05, 0) is 19.3 Å². The molecule has 2 aromatic heterocycles. The van der Waals surface area contributed by atoms with E-state index in [9.17, 15) is 14.0 Å². The third-order valence-electron chi connectivity index (χ3n) is 8.70. The molecule has 0 aliphatic carbocycles. The minimum Gasteiger partial charge on any atom is -0.461 e. The quantitative estimate of drug-likeness (QED) is 0.103. The van der Waals surface area contributed by atoms with Crippen molar-refractivity contribution in [3.63, 3.8) is 0 Å². The normalized spacial score (nSPS) is 20.7. The molecule has 0 aromatic carbocycles. The predicted molar refractivity (Wildman–Crippen MR) is 168 cm³/mol. The second-order valence-electron chi connectivity index (χ2n) is 12.2. The largest absolute Gasteiger partial charge is 0.461 e. The standard InChI is InChI=1S/C32H53FN6O5/c1-7-8-9-10-11-12-13-14-15-16-17-18-25(40)36-23(4)30(41)43-20-32(22(2)3)24(42-6)19-26(44-32)39-21-35-27-28(34-5)37-31(33)38-29(27)39/h21-24,26H,7-20H2,1-6H3,(H,36,40)(H,34,37,38)/t23-,24-,26+,32-/m0/s1. The summed E-state index contributed by atoms with van der Waals surface area (Å²) < 4.78 is 33.9. The molecule has 0 saturated carbocycles. The van der Waals surface area contributed by atoms with Crippen LogP contribution in [0.4, 0.5) is 10.2 Å². The summed E-state index contributed by atoms with van der Waals surface area (Å²) in [6.45, 7) is 7.72. The highest BCUT2D eigenvalue weighted by atomic mass is 19.1. The number of nitrogens with zero attached hydrogens (tertiary/aromatic N) is 4. The number of hydrogen-bond donors (Lipinski definition) is 2. The van der Waals surface area contributed by atoms with Crippen LogP contribution < -0.4 is 10.6 Å². The number of nitrogens with one attached hydrogen (secondary N) is 2. The summed E-state index contributed by atoms with van der Waals surface area (Å²) in [5, 5.41) is 5.61. The number of halogens is 1. The van der Waals surface area contributed by atoms with Gasteiger partial charge in [-0.2, -0.15) is 14.4 Å². The SMILES string of the molecule is CCCCCCCCCCCCCC(=O)N[C@@H](C)C(=O)OC[C@@]1(C(C)C)O[C@@H](n2cnc3c(NC)nc(F)nc32)C[C@@H]1OC. The summed E-state index contributed by atoms with van der Waals surface area (Å²) in [6.07, 6.45) is 13.8. The number of fused-ring (bicyclic) bond motifs is 1.